The van der Waals surface area contributed by atoms with Crippen LogP contribution in [0.3, 0.4) is 0 Å². The van der Waals surface area contributed by atoms with E-state index in [4.69, 9.17) is 9.47 Å². The molecule has 2 aromatic carbocycles. The van der Waals surface area contributed by atoms with Crippen LogP contribution in [0, 0.1) is 5.82 Å². The molecule has 2 N–H and O–H groups in total. The molecule has 0 spiro atoms. The highest BCUT2D eigenvalue weighted by molar-refractivity contribution is 6.31. The Morgan fingerprint density at radius 1 is 1.21 bits per heavy atom. The molecule has 2 aliphatic heterocycles. The fourth-order valence-electron chi connectivity index (χ4n) is 3.31. The molecule has 28 heavy (non-hydrogen) atoms. The number of anilines is 3. The molecule has 2 heterocycles. The van der Waals surface area contributed by atoms with E-state index in [0.29, 0.717) is 24.5 Å². The van der Waals surface area contributed by atoms with Gasteiger partial charge in [0.2, 0.25) is 0 Å². The zero-order valence-electron chi connectivity index (χ0n) is 15.6. The second kappa shape index (κ2) is 8.00. The minimum absolute atomic E-state index is 0.115. The van der Waals surface area contributed by atoms with Crippen LogP contribution in [-0.2, 0) is 14.3 Å². The highest BCUT2D eigenvalue weighted by Gasteiger charge is 2.27. The number of hydrogen-bond acceptors (Lipinski definition) is 5. The van der Waals surface area contributed by atoms with Crippen LogP contribution in [0.2, 0.25) is 0 Å². The maximum atomic E-state index is 14.1. The summed E-state index contributed by atoms with van der Waals surface area (Å²) in [5.74, 6) is -0.739. The number of carbonyl (C=O) groups excluding carboxylic acids is 1. The van der Waals surface area contributed by atoms with E-state index in [2.05, 4.69) is 15.5 Å². The van der Waals surface area contributed by atoms with E-state index in [1.54, 1.807) is 12.1 Å². The average Bonchev–Trinajstić information content (AvgIpc) is 3.33. The molecule has 2 aliphatic rings. The van der Waals surface area contributed by atoms with Crippen LogP contribution in [0.1, 0.15) is 12.0 Å². The number of fused-ring (bicyclic) bond motifs is 1. The van der Waals surface area contributed by atoms with E-state index in [1.165, 1.54) is 12.3 Å². The SMILES string of the molecule is CN(CCC1OCCO1)c1ccc(N/C=C2/C(=O)Nc3cccc(F)c32)cc1. The van der Waals surface area contributed by atoms with E-state index in [0.717, 1.165) is 24.3 Å². The molecule has 1 saturated heterocycles. The third-order valence-corrected chi connectivity index (χ3v) is 4.86. The first-order valence-corrected chi connectivity index (χ1v) is 9.23. The number of benzene rings is 2. The topological polar surface area (TPSA) is 62.8 Å². The summed E-state index contributed by atoms with van der Waals surface area (Å²) in [5.41, 5.74) is 2.94. The molecule has 2 aromatic rings. The van der Waals surface area contributed by atoms with Gasteiger partial charge in [-0.3, -0.25) is 4.79 Å². The Morgan fingerprint density at radius 3 is 2.71 bits per heavy atom. The number of hydrogen-bond donors (Lipinski definition) is 2. The van der Waals surface area contributed by atoms with Crippen molar-refractivity contribution in [1.82, 2.24) is 0 Å². The number of halogens is 1. The Balaban J connectivity index is 1.40. The summed E-state index contributed by atoms with van der Waals surface area (Å²) in [6.45, 7) is 2.14. The first kappa shape index (κ1) is 18.5. The average molecular weight is 383 g/mol. The maximum absolute atomic E-state index is 14.1. The Labute approximate surface area is 162 Å². The third-order valence-electron chi connectivity index (χ3n) is 4.86. The lowest BCUT2D eigenvalue weighted by molar-refractivity contribution is -0.110. The minimum Gasteiger partial charge on any atom is -0.374 e. The van der Waals surface area contributed by atoms with Gasteiger partial charge < -0.3 is 25.0 Å². The Morgan fingerprint density at radius 2 is 1.96 bits per heavy atom. The highest BCUT2D eigenvalue weighted by Crippen LogP contribution is 2.33. The van der Waals surface area contributed by atoms with Crippen molar-refractivity contribution in [3.8, 4) is 0 Å². The van der Waals surface area contributed by atoms with Crippen molar-refractivity contribution in [3.05, 3.63) is 60.0 Å². The lowest BCUT2D eigenvalue weighted by Gasteiger charge is -2.21. The number of ether oxygens (including phenoxy) is 2. The molecule has 4 rings (SSSR count). The summed E-state index contributed by atoms with van der Waals surface area (Å²) in [4.78, 5) is 14.2. The van der Waals surface area contributed by atoms with E-state index in [1.807, 2.05) is 31.3 Å². The van der Waals surface area contributed by atoms with Crippen molar-refractivity contribution < 1.29 is 18.7 Å². The molecular formula is C21H22FN3O3. The van der Waals surface area contributed by atoms with Gasteiger partial charge in [-0.1, -0.05) is 6.07 Å². The first-order chi connectivity index (χ1) is 13.6. The quantitative estimate of drug-likeness (QED) is 0.749. The van der Waals surface area contributed by atoms with Crippen LogP contribution in [0.4, 0.5) is 21.5 Å². The fourth-order valence-corrected chi connectivity index (χ4v) is 3.31. The van der Waals surface area contributed by atoms with Gasteiger partial charge in [-0.2, -0.15) is 0 Å². The van der Waals surface area contributed by atoms with Crippen molar-refractivity contribution in [2.24, 2.45) is 0 Å². The van der Waals surface area contributed by atoms with Gasteiger partial charge in [-0.05, 0) is 36.4 Å². The van der Waals surface area contributed by atoms with Crippen molar-refractivity contribution in [3.63, 3.8) is 0 Å². The van der Waals surface area contributed by atoms with Gasteiger partial charge in [0.25, 0.3) is 5.91 Å². The van der Waals surface area contributed by atoms with Crippen LogP contribution in [0.25, 0.3) is 5.57 Å². The van der Waals surface area contributed by atoms with E-state index in [-0.39, 0.29) is 17.8 Å². The van der Waals surface area contributed by atoms with E-state index in [9.17, 15) is 9.18 Å². The second-order valence-electron chi connectivity index (χ2n) is 6.75. The molecule has 0 saturated carbocycles. The Kier molecular flexibility index (Phi) is 5.27. The molecule has 1 fully saturated rings. The Bertz CT molecular complexity index is 892. The molecule has 1 amide bonds. The summed E-state index contributed by atoms with van der Waals surface area (Å²) in [6, 6.07) is 12.4. The van der Waals surface area contributed by atoms with Gasteiger partial charge in [-0.15, -0.1) is 0 Å². The van der Waals surface area contributed by atoms with E-state index >= 15 is 0 Å². The minimum atomic E-state index is -0.420. The van der Waals surface area contributed by atoms with Gasteiger partial charge in [0, 0.05) is 43.2 Å². The van der Waals surface area contributed by atoms with Gasteiger partial charge in [0.05, 0.1) is 24.5 Å². The lowest BCUT2D eigenvalue weighted by Crippen LogP contribution is -2.23. The number of carbonyl (C=O) groups is 1. The normalized spacial score (nSPS) is 17.6. The summed E-state index contributed by atoms with van der Waals surface area (Å²) < 4.78 is 25.0. The maximum Gasteiger partial charge on any atom is 0.257 e. The largest absolute Gasteiger partial charge is 0.374 e. The number of rotatable bonds is 6. The molecule has 146 valence electrons. The third kappa shape index (κ3) is 3.85. The standard InChI is InChI=1S/C21H22FN3O3/c1-25(10-9-19-27-11-12-28-19)15-7-5-14(6-8-15)23-13-16-20-17(22)3-2-4-18(20)24-21(16)26/h2-8,13,19,23H,9-12H2,1H3,(H,24,26)/b16-13+. The van der Waals surface area contributed by atoms with Crippen LogP contribution in [0.5, 0.6) is 0 Å². The lowest BCUT2D eigenvalue weighted by atomic mass is 10.1. The van der Waals surface area contributed by atoms with E-state index < -0.39 is 5.82 Å². The summed E-state index contributed by atoms with van der Waals surface area (Å²) in [7, 11) is 2.02. The molecule has 7 heteroatoms. The number of nitrogens with one attached hydrogen (secondary N) is 2. The van der Waals surface area contributed by atoms with Crippen LogP contribution >= 0.6 is 0 Å². The molecule has 0 bridgehead atoms. The first-order valence-electron chi connectivity index (χ1n) is 9.23. The number of amides is 1. The second-order valence-corrected chi connectivity index (χ2v) is 6.75. The monoisotopic (exact) mass is 383 g/mol. The zero-order chi connectivity index (χ0) is 19.5. The summed E-state index contributed by atoms with van der Waals surface area (Å²) in [6.07, 6.45) is 2.23. The van der Waals surface area contributed by atoms with Crippen LogP contribution < -0.4 is 15.5 Å². The highest BCUT2D eigenvalue weighted by atomic mass is 19.1. The molecule has 0 radical (unpaired) electrons. The smallest absolute Gasteiger partial charge is 0.257 e. The molecule has 0 aromatic heterocycles. The zero-order valence-corrected chi connectivity index (χ0v) is 15.6. The number of nitrogens with zero attached hydrogens (tertiary/aromatic N) is 1. The van der Waals surface area contributed by atoms with Crippen LogP contribution in [0.15, 0.2) is 48.7 Å². The fraction of sp³-hybridized carbons (Fsp3) is 0.286. The molecule has 0 unspecified atom stereocenters. The van der Waals surface area contributed by atoms with Crippen molar-refractivity contribution >= 4 is 28.5 Å². The summed E-state index contributed by atoms with van der Waals surface area (Å²) >= 11 is 0. The predicted molar refractivity (Wildman–Crippen MR) is 107 cm³/mol. The van der Waals surface area contributed by atoms with Crippen molar-refractivity contribution in [2.45, 2.75) is 12.7 Å². The van der Waals surface area contributed by atoms with Crippen molar-refractivity contribution in [2.75, 3.05) is 42.3 Å². The molecule has 0 aliphatic carbocycles. The van der Waals surface area contributed by atoms with Crippen LogP contribution in [-0.4, -0.2) is 39.0 Å². The predicted octanol–water partition coefficient (Wildman–Crippen LogP) is 3.43. The summed E-state index contributed by atoms with van der Waals surface area (Å²) in [5, 5.41) is 5.75. The molecule has 6 nitrogen and oxygen atoms in total. The molecule has 0 atom stereocenters. The molecular weight excluding hydrogens is 361 g/mol. The van der Waals surface area contributed by atoms with Gasteiger partial charge in [-0.25, -0.2) is 4.39 Å². The van der Waals surface area contributed by atoms with Gasteiger partial charge >= 0.3 is 0 Å². The Hall–Kier alpha value is -2.90. The van der Waals surface area contributed by atoms with Gasteiger partial charge in [0.15, 0.2) is 6.29 Å². The van der Waals surface area contributed by atoms with Crippen molar-refractivity contribution in [1.29, 1.82) is 0 Å². The van der Waals surface area contributed by atoms with Gasteiger partial charge in [0.1, 0.15) is 5.82 Å².